The number of hydrogen-bond donors (Lipinski definition) is 0. The van der Waals surface area contributed by atoms with Crippen molar-refractivity contribution in [3.8, 4) is 0 Å². The first-order valence-electron chi connectivity index (χ1n) is 9.35. The molecular formula is C20H36BrN. The second-order valence-corrected chi connectivity index (χ2v) is 6.32. The third-order valence-corrected chi connectivity index (χ3v) is 4.29. The molecule has 0 fully saturated rings. The number of pyridine rings is 1. The average molecular weight is 370 g/mol. The van der Waals surface area contributed by atoms with Crippen LogP contribution < -0.4 is 21.5 Å². The van der Waals surface area contributed by atoms with E-state index in [1.165, 1.54) is 82.7 Å². The zero-order valence-electron chi connectivity index (χ0n) is 14.8. The lowest BCUT2D eigenvalue weighted by Crippen LogP contribution is -3.00. The number of hydrogen-bond acceptors (Lipinski definition) is 0. The summed E-state index contributed by atoms with van der Waals surface area (Å²) in [6, 6.07) is 6.62. The maximum absolute atomic E-state index is 2.42. The standard InChI is InChI=1S/C20H36N.BrH/c1-3-5-6-7-8-9-10-11-12-13-16-20-17-14-15-19-21(20)18-4-2;/h14-15,17,19H,3-13,16,18H2,1-2H3;1H/q+1;/p-1. The molecule has 0 bridgehead atoms. The van der Waals surface area contributed by atoms with Crippen molar-refractivity contribution in [2.24, 2.45) is 0 Å². The summed E-state index contributed by atoms with van der Waals surface area (Å²) < 4.78 is 2.42. The lowest BCUT2D eigenvalue weighted by atomic mass is 10.0. The second kappa shape index (κ2) is 15.5. The molecule has 1 aromatic rings. The van der Waals surface area contributed by atoms with E-state index in [0.29, 0.717) is 0 Å². The van der Waals surface area contributed by atoms with Gasteiger partial charge in [0.05, 0.1) is 0 Å². The fourth-order valence-electron chi connectivity index (χ4n) is 2.99. The van der Waals surface area contributed by atoms with Gasteiger partial charge in [-0.25, -0.2) is 4.57 Å². The molecule has 0 atom stereocenters. The lowest BCUT2D eigenvalue weighted by Gasteiger charge is -2.04. The highest BCUT2D eigenvalue weighted by Crippen LogP contribution is 2.11. The van der Waals surface area contributed by atoms with E-state index < -0.39 is 0 Å². The van der Waals surface area contributed by atoms with Crippen molar-refractivity contribution in [1.82, 2.24) is 0 Å². The largest absolute Gasteiger partial charge is 1.00 e. The summed E-state index contributed by atoms with van der Waals surface area (Å²) >= 11 is 0. The molecule has 1 nitrogen and oxygen atoms in total. The van der Waals surface area contributed by atoms with Crippen LogP contribution in [0.3, 0.4) is 0 Å². The van der Waals surface area contributed by atoms with Crippen molar-refractivity contribution >= 4 is 0 Å². The van der Waals surface area contributed by atoms with Gasteiger partial charge in [0.25, 0.3) is 0 Å². The highest BCUT2D eigenvalue weighted by molar-refractivity contribution is 4.97. The molecule has 0 amide bonds. The number of aryl methyl sites for hydroxylation is 2. The van der Waals surface area contributed by atoms with Crippen LogP contribution in [0.1, 0.15) is 90.2 Å². The fraction of sp³-hybridized carbons (Fsp3) is 0.750. The van der Waals surface area contributed by atoms with Crippen LogP contribution in [0.4, 0.5) is 0 Å². The summed E-state index contributed by atoms with van der Waals surface area (Å²) in [4.78, 5) is 0. The first-order chi connectivity index (χ1) is 10.4. The van der Waals surface area contributed by atoms with Crippen molar-refractivity contribution in [2.45, 2.75) is 97.4 Å². The Hall–Kier alpha value is -0.370. The molecular weight excluding hydrogens is 334 g/mol. The summed E-state index contributed by atoms with van der Waals surface area (Å²) in [6.45, 7) is 5.70. The van der Waals surface area contributed by atoms with Gasteiger partial charge < -0.3 is 17.0 Å². The number of nitrogens with zero attached hydrogens (tertiary/aromatic N) is 1. The quantitative estimate of drug-likeness (QED) is 0.371. The Kier molecular flexibility index (Phi) is 15.3. The maximum atomic E-state index is 2.42. The summed E-state index contributed by atoms with van der Waals surface area (Å²) in [6.07, 6.45) is 18.9. The van der Waals surface area contributed by atoms with E-state index in [-0.39, 0.29) is 17.0 Å². The van der Waals surface area contributed by atoms with E-state index in [2.05, 4.69) is 42.8 Å². The van der Waals surface area contributed by atoms with Gasteiger partial charge in [-0.3, -0.25) is 0 Å². The van der Waals surface area contributed by atoms with Crippen LogP contribution in [-0.4, -0.2) is 0 Å². The number of unbranched alkanes of at least 4 members (excludes halogenated alkanes) is 9. The van der Waals surface area contributed by atoms with Gasteiger partial charge in [-0.05, 0) is 6.42 Å². The van der Waals surface area contributed by atoms with Crippen molar-refractivity contribution in [1.29, 1.82) is 0 Å². The third kappa shape index (κ3) is 10.4. The molecule has 1 heterocycles. The molecule has 0 aliphatic heterocycles. The Bertz CT molecular complexity index is 351. The summed E-state index contributed by atoms with van der Waals surface area (Å²) in [5.74, 6) is 0. The second-order valence-electron chi connectivity index (χ2n) is 6.32. The molecule has 0 radical (unpaired) electrons. The predicted octanol–water partition coefficient (Wildman–Crippen LogP) is 2.85. The SMILES string of the molecule is CCCCCCCCCCCCc1cccc[n+]1CCC.[Br-]. The van der Waals surface area contributed by atoms with E-state index in [1.54, 1.807) is 0 Å². The molecule has 0 unspecified atom stereocenters. The Morgan fingerprint density at radius 2 is 1.32 bits per heavy atom. The van der Waals surface area contributed by atoms with Crippen LogP contribution in [0, 0.1) is 0 Å². The van der Waals surface area contributed by atoms with E-state index in [4.69, 9.17) is 0 Å². The van der Waals surface area contributed by atoms with Gasteiger partial charge >= 0.3 is 0 Å². The monoisotopic (exact) mass is 369 g/mol. The Labute approximate surface area is 149 Å². The van der Waals surface area contributed by atoms with E-state index in [0.717, 1.165) is 6.54 Å². The normalized spacial score (nSPS) is 10.5. The molecule has 0 aliphatic rings. The van der Waals surface area contributed by atoms with Gasteiger partial charge in [-0.2, -0.15) is 0 Å². The molecule has 128 valence electrons. The lowest BCUT2D eigenvalue weighted by molar-refractivity contribution is -0.704. The summed E-state index contributed by atoms with van der Waals surface area (Å²) in [5, 5.41) is 0. The van der Waals surface area contributed by atoms with E-state index in [9.17, 15) is 0 Å². The van der Waals surface area contributed by atoms with Crippen LogP contribution in [0.2, 0.25) is 0 Å². The van der Waals surface area contributed by atoms with Crippen molar-refractivity contribution in [2.75, 3.05) is 0 Å². The summed E-state index contributed by atoms with van der Waals surface area (Å²) in [7, 11) is 0. The van der Waals surface area contributed by atoms with Gasteiger partial charge in [-0.1, -0.05) is 77.7 Å². The molecule has 0 saturated heterocycles. The van der Waals surface area contributed by atoms with Crippen molar-refractivity contribution < 1.29 is 21.5 Å². The predicted molar refractivity (Wildman–Crippen MR) is 92.5 cm³/mol. The Morgan fingerprint density at radius 3 is 1.91 bits per heavy atom. The molecule has 0 aliphatic carbocycles. The highest BCUT2D eigenvalue weighted by Gasteiger charge is 2.07. The zero-order chi connectivity index (χ0) is 15.2. The molecule has 0 spiro atoms. The van der Waals surface area contributed by atoms with E-state index >= 15 is 0 Å². The van der Waals surface area contributed by atoms with Crippen LogP contribution in [0.15, 0.2) is 24.4 Å². The Balaban J connectivity index is 0.00000441. The number of rotatable bonds is 13. The number of halogens is 1. The minimum atomic E-state index is 0. The van der Waals surface area contributed by atoms with Gasteiger partial charge in [0.1, 0.15) is 6.54 Å². The van der Waals surface area contributed by atoms with Gasteiger partial charge in [0.2, 0.25) is 0 Å². The molecule has 2 heteroatoms. The van der Waals surface area contributed by atoms with Crippen LogP contribution in [0.25, 0.3) is 0 Å². The average Bonchev–Trinajstić information content (AvgIpc) is 2.51. The maximum Gasteiger partial charge on any atom is 0.181 e. The smallest absolute Gasteiger partial charge is 0.181 e. The third-order valence-electron chi connectivity index (χ3n) is 4.29. The first-order valence-corrected chi connectivity index (χ1v) is 9.35. The molecule has 0 aromatic carbocycles. The van der Waals surface area contributed by atoms with Crippen LogP contribution in [-0.2, 0) is 13.0 Å². The summed E-state index contributed by atoms with van der Waals surface area (Å²) in [5.41, 5.74) is 1.51. The van der Waals surface area contributed by atoms with Gasteiger partial charge in [-0.15, -0.1) is 0 Å². The van der Waals surface area contributed by atoms with Crippen molar-refractivity contribution in [3.63, 3.8) is 0 Å². The fourth-order valence-corrected chi connectivity index (χ4v) is 2.99. The minimum Gasteiger partial charge on any atom is -1.00 e. The molecule has 0 saturated carbocycles. The number of aromatic nitrogens is 1. The van der Waals surface area contributed by atoms with Crippen LogP contribution >= 0.6 is 0 Å². The van der Waals surface area contributed by atoms with Crippen molar-refractivity contribution in [3.05, 3.63) is 30.1 Å². The molecule has 1 rings (SSSR count). The van der Waals surface area contributed by atoms with E-state index in [1.807, 2.05) is 0 Å². The topological polar surface area (TPSA) is 3.88 Å². The van der Waals surface area contributed by atoms with Gasteiger partial charge in [0, 0.05) is 25.0 Å². The minimum absolute atomic E-state index is 0. The first kappa shape index (κ1) is 21.6. The molecule has 0 N–H and O–H groups in total. The molecule has 1 aromatic heterocycles. The molecule has 22 heavy (non-hydrogen) atoms. The van der Waals surface area contributed by atoms with Gasteiger partial charge in [0.15, 0.2) is 11.9 Å². The Morgan fingerprint density at radius 1 is 0.727 bits per heavy atom. The zero-order valence-corrected chi connectivity index (χ0v) is 16.4. The van der Waals surface area contributed by atoms with Crippen LogP contribution in [0.5, 0.6) is 0 Å². The highest BCUT2D eigenvalue weighted by atomic mass is 79.9.